The standard InChI is InChI=1S/C11H14FNO.C3H5ClO2/c1-8-11(14-7-6-13-8)9-4-2-3-5-10(9)12;1-2-6-3(4)5/h2-5,8,11,13H,6-7H2,1H3;2H2,1H3. The summed E-state index contributed by atoms with van der Waals surface area (Å²) >= 11 is 4.72. The van der Waals surface area contributed by atoms with Gasteiger partial charge in [-0.25, -0.2) is 9.18 Å². The van der Waals surface area contributed by atoms with Crippen LogP contribution in [0.3, 0.4) is 0 Å². The summed E-state index contributed by atoms with van der Waals surface area (Å²) in [5.74, 6) is -0.187. The van der Waals surface area contributed by atoms with Gasteiger partial charge in [-0.2, -0.15) is 0 Å². The summed E-state index contributed by atoms with van der Waals surface area (Å²) in [6, 6.07) is 6.95. The van der Waals surface area contributed by atoms with Gasteiger partial charge in [0.15, 0.2) is 0 Å². The molecule has 1 fully saturated rings. The van der Waals surface area contributed by atoms with Gasteiger partial charge in [-0.15, -0.1) is 0 Å². The fourth-order valence-electron chi connectivity index (χ4n) is 1.90. The third kappa shape index (κ3) is 5.45. The number of rotatable bonds is 2. The van der Waals surface area contributed by atoms with Crippen molar-refractivity contribution < 1.29 is 18.7 Å². The maximum Gasteiger partial charge on any atom is 0.403 e. The molecule has 0 radical (unpaired) electrons. The molecule has 0 saturated carbocycles. The normalized spacial score (nSPS) is 21.6. The molecule has 20 heavy (non-hydrogen) atoms. The molecule has 1 aromatic rings. The Labute approximate surface area is 123 Å². The van der Waals surface area contributed by atoms with E-state index in [1.165, 1.54) is 6.07 Å². The van der Waals surface area contributed by atoms with Crippen molar-refractivity contribution in [3.8, 4) is 0 Å². The van der Waals surface area contributed by atoms with Crippen LogP contribution in [0.1, 0.15) is 25.5 Å². The highest BCUT2D eigenvalue weighted by Crippen LogP contribution is 2.25. The molecule has 2 atom stereocenters. The van der Waals surface area contributed by atoms with Gasteiger partial charge in [0.25, 0.3) is 0 Å². The summed E-state index contributed by atoms with van der Waals surface area (Å²) in [4.78, 5) is 9.59. The fraction of sp³-hybridized carbons (Fsp3) is 0.500. The van der Waals surface area contributed by atoms with Crippen molar-refractivity contribution in [3.05, 3.63) is 35.6 Å². The molecule has 1 saturated heterocycles. The lowest BCUT2D eigenvalue weighted by Crippen LogP contribution is -2.41. The number of carbonyl (C=O) groups is 1. The molecule has 1 N–H and O–H groups in total. The van der Waals surface area contributed by atoms with Crippen LogP contribution in [-0.2, 0) is 9.47 Å². The molecule has 2 rings (SSSR count). The van der Waals surface area contributed by atoms with Crippen LogP contribution >= 0.6 is 11.6 Å². The predicted octanol–water partition coefficient (Wildman–Crippen LogP) is 3.26. The van der Waals surface area contributed by atoms with Gasteiger partial charge < -0.3 is 14.8 Å². The Morgan fingerprint density at radius 2 is 2.25 bits per heavy atom. The second kappa shape index (κ2) is 8.89. The van der Waals surface area contributed by atoms with Crippen LogP contribution in [0, 0.1) is 5.82 Å². The molecule has 0 spiro atoms. The van der Waals surface area contributed by atoms with Crippen LogP contribution in [0.15, 0.2) is 24.3 Å². The number of carbonyl (C=O) groups excluding carboxylic acids is 1. The summed E-state index contributed by atoms with van der Waals surface area (Å²) in [6.07, 6.45) is -0.162. The number of benzene rings is 1. The Balaban J connectivity index is 0.000000286. The zero-order chi connectivity index (χ0) is 15.0. The van der Waals surface area contributed by atoms with Gasteiger partial charge in [0, 0.05) is 29.8 Å². The molecule has 1 aliphatic heterocycles. The molecule has 1 aliphatic rings. The van der Waals surface area contributed by atoms with Crippen LogP contribution in [0.4, 0.5) is 9.18 Å². The highest BCUT2D eigenvalue weighted by molar-refractivity contribution is 6.61. The largest absolute Gasteiger partial charge is 0.454 e. The first kappa shape index (κ1) is 16.9. The van der Waals surface area contributed by atoms with Crippen LogP contribution in [0.2, 0.25) is 0 Å². The van der Waals surface area contributed by atoms with Gasteiger partial charge in [-0.05, 0) is 19.9 Å². The van der Waals surface area contributed by atoms with E-state index in [9.17, 15) is 9.18 Å². The van der Waals surface area contributed by atoms with Crippen LogP contribution in [0.5, 0.6) is 0 Å². The van der Waals surface area contributed by atoms with Crippen LogP contribution in [0.25, 0.3) is 0 Å². The van der Waals surface area contributed by atoms with Gasteiger partial charge >= 0.3 is 5.43 Å². The quantitative estimate of drug-likeness (QED) is 0.852. The first-order valence-corrected chi connectivity index (χ1v) is 6.85. The van der Waals surface area contributed by atoms with Crippen molar-refractivity contribution in [1.82, 2.24) is 5.32 Å². The highest BCUT2D eigenvalue weighted by Gasteiger charge is 2.25. The lowest BCUT2D eigenvalue weighted by Gasteiger charge is -2.30. The summed E-state index contributed by atoms with van der Waals surface area (Å²) in [5, 5.41) is 3.27. The molecule has 0 aromatic heterocycles. The number of hydrogen-bond acceptors (Lipinski definition) is 4. The van der Waals surface area contributed by atoms with Gasteiger partial charge in [0.05, 0.1) is 13.2 Å². The molecule has 0 aliphatic carbocycles. The fourth-order valence-corrected chi connectivity index (χ4v) is 2.01. The number of halogens is 2. The molecule has 2 unspecified atom stereocenters. The van der Waals surface area contributed by atoms with Crippen LogP contribution in [-0.4, -0.2) is 31.2 Å². The average molecular weight is 304 g/mol. The predicted molar refractivity (Wildman–Crippen MR) is 75.4 cm³/mol. The Bertz CT molecular complexity index is 431. The maximum absolute atomic E-state index is 13.4. The lowest BCUT2D eigenvalue weighted by atomic mass is 10.0. The van der Waals surface area contributed by atoms with Crippen molar-refractivity contribution in [2.45, 2.75) is 26.0 Å². The third-order valence-corrected chi connectivity index (χ3v) is 2.90. The number of morpholine rings is 1. The maximum atomic E-state index is 13.4. The second-order valence-electron chi connectivity index (χ2n) is 4.23. The van der Waals surface area contributed by atoms with E-state index in [1.807, 2.05) is 13.0 Å². The van der Waals surface area contributed by atoms with Crippen molar-refractivity contribution >= 4 is 17.0 Å². The molecular formula is C14H19ClFNO3. The van der Waals surface area contributed by atoms with E-state index in [2.05, 4.69) is 10.1 Å². The molecule has 112 valence electrons. The first-order valence-electron chi connectivity index (χ1n) is 6.48. The minimum Gasteiger partial charge on any atom is -0.454 e. The van der Waals surface area contributed by atoms with E-state index >= 15 is 0 Å². The summed E-state index contributed by atoms with van der Waals surface area (Å²) < 4.78 is 23.2. The van der Waals surface area contributed by atoms with Crippen LogP contribution < -0.4 is 5.32 Å². The number of nitrogens with one attached hydrogen (secondary N) is 1. The zero-order valence-electron chi connectivity index (χ0n) is 11.6. The third-order valence-electron chi connectivity index (χ3n) is 2.79. The number of hydrogen-bond donors (Lipinski definition) is 1. The molecule has 6 heteroatoms. The van der Waals surface area contributed by atoms with Gasteiger partial charge in [0.2, 0.25) is 0 Å². The Morgan fingerprint density at radius 1 is 1.55 bits per heavy atom. The van der Waals surface area contributed by atoms with Crippen molar-refractivity contribution in [3.63, 3.8) is 0 Å². The lowest BCUT2D eigenvalue weighted by molar-refractivity contribution is -0.00226. The van der Waals surface area contributed by atoms with E-state index < -0.39 is 5.43 Å². The average Bonchev–Trinajstić information content (AvgIpc) is 2.41. The van der Waals surface area contributed by atoms with Crippen molar-refractivity contribution in [2.24, 2.45) is 0 Å². The minimum atomic E-state index is -0.738. The molecular weight excluding hydrogens is 285 g/mol. The molecule has 1 aromatic carbocycles. The van der Waals surface area contributed by atoms with Crippen molar-refractivity contribution in [2.75, 3.05) is 19.8 Å². The van der Waals surface area contributed by atoms with E-state index in [4.69, 9.17) is 16.3 Å². The number of ether oxygens (including phenoxy) is 2. The SMILES string of the molecule is CC1NCCOC1c1ccccc1F.CCOC(=O)Cl. The first-order chi connectivity index (χ1) is 9.56. The smallest absolute Gasteiger partial charge is 0.403 e. The second-order valence-corrected chi connectivity index (χ2v) is 4.53. The Kier molecular flexibility index (Phi) is 7.51. The Morgan fingerprint density at radius 3 is 2.75 bits per heavy atom. The minimum absolute atomic E-state index is 0.162. The summed E-state index contributed by atoms with van der Waals surface area (Å²) in [7, 11) is 0. The van der Waals surface area contributed by atoms with E-state index in [0.717, 1.165) is 6.54 Å². The molecule has 0 bridgehead atoms. The zero-order valence-corrected chi connectivity index (χ0v) is 12.3. The topological polar surface area (TPSA) is 47.6 Å². The van der Waals surface area contributed by atoms with E-state index in [0.29, 0.717) is 18.8 Å². The van der Waals surface area contributed by atoms with Gasteiger partial charge in [-0.1, -0.05) is 18.2 Å². The molecule has 4 nitrogen and oxygen atoms in total. The van der Waals surface area contributed by atoms with Crippen molar-refractivity contribution in [1.29, 1.82) is 0 Å². The molecule has 0 amide bonds. The molecule has 1 heterocycles. The van der Waals surface area contributed by atoms with E-state index in [-0.39, 0.29) is 18.0 Å². The monoisotopic (exact) mass is 303 g/mol. The van der Waals surface area contributed by atoms with Gasteiger partial charge in [0.1, 0.15) is 11.9 Å². The van der Waals surface area contributed by atoms with Gasteiger partial charge in [-0.3, -0.25) is 0 Å². The summed E-state index contributed by atoms with van der Waals surface area (Å²) in [6.45, 7) is 5.54. The summed E-state index contributed by atoms with van der Waals surface area (Å²) in [5.41, 5.74) is -0.0929. The van der Waals surface area contributed by atoms with E-state index in [1.54, 1.807) is 19.1 Å². The Hall–Kier alpha value is -1.17. The highest BCUT2D eigenvalue weighted by atomic mass is 35.5.